The van der Waals surface area contributed by atoms with Crippen molar-refractivity contribution in [2.24, 2.45) is 11.3 Å². The first-order valence-electron chi connectivity index (χ1n) is 9.67. The number of carbonyl (C=O) groups excluding carboxylic acids is 1. The molecule has 0 saturated heterocycles. The molecule has 3 atom stereocenters. The standard InChI is InChI=1S/C22H28O4/c1-12-6-7-16-21(2,3)8-5-9-22(16,4)17-13-10-15(24)18(25)14(11-23)20(13)26-19(12)17/h10-12,16,24-25H,5-9H2,1-4H3/t12-,16+,22+/m0/s1. The molecule has 4 nitrogen and oxygen atoms in total. The molecule has 26 heavy (non-hydrogen) atoms. The SMILES string of the molecule is C[C@H]1CC[C@@H]2C(C)(C)CCC[C@@]2(C)c2c1oc1c(C=O)c(O)c(O)cc21. The van der Waals surface area contributed by atoms with E-state index in [0.717, 1.165) is 42.4 Å². The third-order valence-electron chi connectivity index (χ3n) is 7.25. The lowest BCUT2D eigenvalue weighted by molar-refractivity contribution is 0.0504. The highest BCUT2D eigenvalue weighted by Gasteiger charge is 2.51. The van der Waals surface area contributed by atoms with E-state index in [9.17, 15) is 15.0 Å². The summed E-state index contributed by atoms with van der Waals surface area (Å²) in [6.07, 6.45) is 6.23. The van der Waals surface area contributed by atoms with Gasteiger partial charge in [-0.3, -0.25) is 4.79 Å². The fourth-order valence-electron chi connectivity index (χ4n) is 5.97. The zero-order valence-electron chi connectivity index (χ0n) is 16.1. The van der Waals surface area contributed by atoms with Crippen molar-refractivity contribution in [1.29, 1.82) is 0 Å². The molecular weight excluding hydrogens is 328 g/mol. The van der Waals surface area contributed by atoms with Crippen LogP contribution in [0.15, 0.2) is 10.5 Å². The van der Waals surface area contributed by atoms with Crippen molar-refractivity contribution in [2.45, 2.75) is 71.1 Å². The minimum Gasteiger partial charge on any atom is -0.504 e. The molecule has 0 amide bonds. The van der Waals surface area contributed by atoms with Crippen molar-refractivity contribution in [2.75, 3.05) is 0 Å². The molecule has 0 spiro atoms. The summed E-state index contributed by atoms with van der Waals surface area (Å²) in [4.78, 5) is 11.6. The van der Waals surface area contributed by atoms with Crippen LogP contribution >= 0.6 is 0 Å². The van der Waals surface area contributed by atoms with Crippen LogP contribution in [0.5, 0.6) is 11.5 Å². The van der Waals surface area contributed by atoms with Gasteiger partial charge in [0.2, 0.25) is 0 Å². The van der Waals surface area contributed by atoms with Crippen LogP contribution in [0.25, 0.3) is 11.0 Å². The van der Waals surface area contributed by atoms with Crippen molar-refractivity contribution >= 4 is 17.3 Å². The number of rotatable bonds is 1. The second kappa shape index (κ2) is 5.51. The Morgan fingerprint density at radius 1 is 1.19 bits per heavy atom. The molecule has 1 aromatic carbocycles. The molecule has 2 aliphatic rings. The lowest BCUT2D eigenvalue weighted by Gasteiger charge is -2.50. The number of phenols is 2. The molecule has 1 fully saturated rings. The van der Waals surface area contributed by atoms with E-state index >= 15 is 0 Å². The Hall–Kier alpha value is -1.97. The van der Waals surface area contributed by atoms with Gasteiger partial charge in [0, 0.05) is 16.9 Å². The van der Waals surface area contributed by atoms with Crippen LogP contribution in [0.1, 0.15) is 87.4 Å². The van der Waals surface area contributed by atoms with Gasteiger partial charge < -0.3 is 14.6 Å². The van der Waals surface area contributed by atoms with Gasteiger partial charge in [0.1, 0.15) is 16.9 Å². The maximum absolute atomic E-state index is 11.6. The number of furan rings is 1. The summed E-state index contributed by atoms with van der Waals surface area (Å²) in [6, 6.07) is 1.59. The van der Waals surface area contributed by atoms with Crippen molar-refractivity contribution in [3.63, 3.8) is 0 Å². The normalized spacial score (nSPS) is 30.5. The number of phenolic OH excluding ortho intramolecular Hbond substituents is 2. The van der Waals surface area contributed by atoms with Gasteiger partial charge in [-0.25, -0.2) is 0 Å². The predicted octanol–water partition coefficient (Wildman–Crippen LogP) is 5.64. The van der Waals surface area contributed by atoms with Gasteiger partial charge in [-0.05, 0) is 48.5 Å². The Kier molecular flexibility index (Phi) is 3.70. The summed E-state index contributed by atoms with van der Waals surface area (Å²) in [6.45, 7) is 9.24. The number of aromatic hydroxyl groups is 2. The molecule has 0 aliphatic heterocycles. The second-order valence-corrected chi connectivity index (χ2v) is 9.28. The molecule has 0 bridgehead atoms. The number of hydrogen-bond donors (Lipinski definition) is 2. The van der Waals surface area contributed by atoms with E-state index in [1.165, 1.54) is 6.42 Å². The van der Waals surface area contributed by atoms with Crippen LogP contribution < -0.4 is 0 Å². The number of aldehydes is 1. The Balaban J connectivity index is 2.09. The largest absolute Gasteiger partial charge is 0.504 e. The van der Waals surface area contributed by atoms with E-state index in [-0.39, 0.29) is 28.1 Å². The highest BCUT2D eigenvalue weighted by atomic mass is 16.3. The van der Waals surface area contributed by atoms with E-state index in [4.69, 9.17) is 4.42 Å². The third-order valence-corrected chi connectivity index (χ3v) is 7.25. The van der Waals surface area contributed by atoms with Crippen molar-refractivity contribution in [3.05, 3.63) is 23.0 Å². The van der Waals surface area contributed by atoms with Gasteiger partial charge in [0.15, 0.2) is 17.8 Å². The fourth-order valence-corrected chi connectivity index (χ4v) is 5.97. The Labute approximate surface area is 154 Å². The first-order valence-corrected chi connectivity index (χ1v) is 9.67. The van der Waals surface area contributed by atoms with Crippen molar-refractivity contribution < 1.29 is 19.4 Å². The van der Waals surface area contributed by atoms with Crippen LogP contribution in [-0.4, -0.2) is 16.5 Å². The number of benzene rings is 1. The number of fused-ring (bicyclic) bond motifs is 5. The van der Waals surface area contributed by atoms with E-state index in [1.54, 1.807) is 6.07 Å². The van der Waals surface area contributed by atoms with Gasteiger partial charge in [-0.2, -0.15) is 0 Å². The molecule has 4 heteroatoms. The fraction of sp³-hybridized carbons (Fsp3) is 0.591. The minimum absolute atomic E-state index is 0.0514. The molecule has 2 aromatic rings. The van der Waals surface area contributed by atoms with E-state index in [1.807, 2.05) is 0 Å². The first kappa shape index (κ1) is 17.4. The molecule has 0 radical (unpaired) electrons. The average Bonchev–Trinajstić information content (AvgIpc) is 2.89. The molecule has 140 valence electrons. The number of hydrogen-bond acceptors (Lipinski definition) is 4. The van der Waals surface area contributed by atoms with E-state index in [2.05, 4.69) is 27.7 Å². The Morgan fingerprint density at radius 3 is 2.62 bits per heavy atom. The van der Waals surface area contributed by atoms with Crippen molar-refractivity contribution in [3.8, 4) is 11.5 Å². The zero-order chi connectivity index (χ0) is 18.9. The molecular formula is C22H28O4. The summed E-state index contributed by atoms with van der Waals surface area (Å²) < 4.78 is 6.22. The summed E-state index contributed by atoms with van der Waals surface area (Å²) in [7, 11) is 0. The molecule has 4 rings (SSSR count). The lowest BCUT2D eigenvalue weighted by atomic mass is 9.53. The van der Waals surface area contributed by atoms with Crippen LogP contribution in [-0.2, 0) is 5.41 Å². The van der Waals surface area contributed by atoms with E-state index < -0.39 is 5.75 Å². The quantitative estimate of drug-likeness (QED) is 0.512. The minimum atomic E-state index is -0.394. The van der Waals surface area contributed by atoms with Crippen LogP contribution in [0.3, 0.4) is 0 Å². The smallest absolute Gasteiger partial charge is 0.172 e. The summed E-state index contributed by atoms with van der Waals surface area (Å²) >= 11 is 0. The first-order chi connectivity index (χ1) is 12.2. The molecule has 2 aliphatic carbocycles. The highest BCUT2D eigenvalue weighted by molar-refractivity contribution is 6.01. The van der Waals surface area contributed by atoms with Gasteiger partial charge in [-0.15, -0.1) is 0 Å². The third kappa shape index (κ3) is 2.17. The monoisotopic (exact) mass is 356 g/mol. The summed E-state index contributed by atoms with van der Waals surface area (Å²) in [5.74, 6) is 1.05. The van der Waals surface area contributed by atoms with Crippen LogP contribution in [0, 0.1) is 11.3 Å². The molecule has 0 unspecified atom stereocenters. The zero-order valence-corrected chi connectivity index (χ0v) is 16.1. The molecule has 1 saturated carbocycles. The Bertz CT molecular complexity index is 891. The Morgan fingerprint density at radius 2 is 1.92 bits per heavy atom. The van der Waals surface area contributed by atoms with Gasteiger partial charge in [-0.1, -0.05) is 34.1 Å². The topological polar surface area (TPSA) is 70.7 Å². The van der Waals surface area contributed by atoms with Crippen LogP contribution in [0.4, 0.5) is 0 Å². The summed E-state index contributed by atoms with van der Waals surface area (Å²) in [5, 5.41) is 21.1. The highest BCUT2D eigenvalue weighted by Crippen LogP contribution is 2.60. The lowest BCUT2D eigenvalue weighted by Crippen LogP contribution is -2.44. The molecule has 1 heterocycles. The number of carbonyl (C=O) groups is 1. The van der Waals surface area contributed by atoms with Gasteiger partial charge in [0.05, 0.1) is 0 Å². The van der Waals surface area contributed by atoms with Crippen LogP contribution in [0.2, 0.25) is 0 Å². The van der Waals surface area contributed by atoms with E-state index in [0.29, 0.717) is 17.8 Å². The van der Waals surface area contributed by atoms with Gasteiger partial charge in [0.25, 0.3) is 0 Å². The maximum atomic E-state index is 11.6. The average molecular weight is 356 g/mol. The van der Waals surface area contributed by atoms with Crippen molar-refractivity contribution in [1.82, 2.24) is 0 Å². The second-order valence-electron chi connectivity index (χ2n) is 9.28. The summed E-state index contributed by atoms with van der Waals surface area (Å²) in [5.41, 5.74) is 1.79. The predicted molar refractivity (Wildman–Crippen MR) is 101 cm³/mol. The maximum Gasteiger partial charge on any atom is 0.172 e. The molecule has 2 N–H and O–H groups in total. The van der Waals surface area contributed by atoms with Gasteiger partial charge >= 0.3 is 0 Å². The molecule has 1 aromatic heterocycles.